The zero-order valence-electron chi connectivity index (χ0n) is 7.50. The van der Waals surface area contributed by atoms with Crippen molar-refractivity contribution >= 4 is 50.9 Å². The molecule has 0 fully saturated rings. The number of hydrogen-bond acceptors (Lipinski definition) is 1. The fraction of sp³-hybridized carbons (Fsp3) is 0. The molecule has 0 saturated carbocycles. The highest BCUT2D eigenvalue weighted by Crippen LogP contribution is 2.24. The highest BCUT2D eigenvalue weighted by Gasteiger charge is 2.09. The van der Waals surface area contributed by atoms with E-state index in [0.717, 1.165) is 14.3 Å². The summed E-state index contributed by atoms with van der Waals surface area (Å²) in [6, 6.07) is 8.88. The number of halogens is 2. The molecule has 2 rings (SSSR count). The lowest BCUT2D eigenvalue weighted by Gasteiger charge is -2.03. The normalized spacial score (nSPS) is 10.5. The molecular weight excluding hydrogens is 326 g/mol. The molecule has 0 radical (unpaired) electrons. The Bertz CT molecular complexity index is 552. The fourth-order valence-electron chi connectivity index (χ4n) is 1.40. The van der Waals surface area contributed by atoms with Crippen molar-refractivity contribution in [2.24, 2.45) is 0 Å². The lowest BCUT2D eigenvalue weighted by molar-refractivity contribution is 0.0696. The van der Waals surface area contributed by atoms with E-state index in [2.05, 4.69) is 0 Å². The average Bonchev–Trinajstić information content (AvgIpc) is 2.15. The molecule has 0 spiro atoms. The van der Waals surface area contributed by atoms with Gasteiger partial charge in [0.15, 0.2) is 0 Å². The Morgan fingerprint density at radius 2 is 1.93 bits per heavy atom. The Hall–Kier alpha value is -0.810. The van der Waals surface area contributed by atoms with E-state index in [0.29, 0.717) is 10.6 Å². The van der Waals surface area contributed by atoms with Crippen molar-refractivity contribution in [1.82, 2.24) is 0 Å². The molecule has 15 heavy (non-hydrogen) atoms. The predicted molar refractivity (Wildman–Crippen MR) is 68.6 cm³/mol. The first-order valence-corrected chi connectivity index (χ1v) is 5.66. The van der Waals surface area contributed by atoms with Gasteiger partial charge in [-0.3, -0.25) is 0 Å². The third-order valence-electron chi connectivity index (χ3n) is 2.12. The maximum absolute atomic E-state index is 10.9. The average molecular weight is 333 g/mol. The monoisotopic (exact) mass is 332 g/mol. The predicted octanol–water partition coefficient (Wildman–Crippen LogP) is 3.80. The van der Waals surface area contributed by atoms with Crippen molar-refractivity contribution in [1.29, 1.82) is 0 Å². The van der Waals surface area contributed by atoms with Crippen LogP contribution in [0.15, 0.2) is 30.3 Å². The number of carboxylic acids is 1. The van der Waals surface area contributed by atoms with Crippen LogP contribution in [-0.2, 0) is 0 Å². The molecule has 2 aromatic rings. The summed E-state index contributed by atoms with van der Waals surface area (Å²) in [5, 5.41) is 11.4. The number of carbonyl (C=O) groups is 1. The van der Waals surface area contributed by atoms with Gasteiger partial charge in [-0.25, -0.2) is 4.79 Å². The summed E-state index contributed by atoms with van der Waals surface area (Å²) in [5.74, 6) is -0.906. The van der Waals surface area contributed by atoms with E-state index in [1.807, 2.05) is 40.8 Å². The number of carboxylic acid groups (broad SMARTS) is 1. The summed E-state index contributed by atoms with van der Waals surface area (Å²) in [7, 11) is 0. The second kappa shape index (κ2) is 3.98. The Morgan fingerprint density at radius 1 is 1.20 bits per heavy atom. The molecule has 0 amide bonds. The Morgan fingerprint density at radius 3 is 2.60 bits per heavy atom. The van der Waals surface area contributed by atoms with E-state index >= 15 is 0 Å². The lowest BCUT2D eigenvalue weighted by Crippen LogP contribution is -1.99. The number of hydrogen-bond donors (Lipinski definition) is 1. The standard InChI is InChI=1S/C11H6ClIO2/c12-8-2-1-6-4-9(11(14)15)10(13)5-7(6)3-8/h1-5H,(H,14,15). The van der Waals surface area contributed by atoms with Gasteiger partial charge in [0.2, 0.25) is 0 Å². The first-order chi connectivity index (χ1) is 7.08. The minimum Gasteiger partial charge on any atom is -0.478 e. The molecule has 0 aliphatic heterocycles. The molecule has 76 valence electrons. The van der Waals surface area contributed by atoms with Gasteiger partial charge >= 0.3 is 5.97 Å². The number of benzene rings is 2. The first kappa shape index (κ1) is 10.7. The van der Waals surface area contributed by atoms with Gasteiger partial charge in [0.1, 0.15) is 0 Å². The van der Waals surface area contributed by atoms with Crippen LogP contribution in [0.3, 0.4) is 0 Å². The van der Waals surface area contributed by atoms with Crippen LogP contribution in [0.4, 0.5) is 0 Å². The van der Waals surface area contributed by atoms with Gasteiger partial charge in [-0.2, -0.15) is 0 Å². The van der Waals surface area contributed by atoms with Gasteiger partial charge in [0.25, 0.3) is 0 Å². The molecule has 0 bridgehead atoms. The van der Waals surface area contributed by atoms with Crippen molar-refractivity contribution in [3.8, 4) is 0 Å². The molecule has 0 unspecified atom stereocenters. The first-order valence-electron chi connectivity index (χ1n) is 4.20. The van der Waals surface area contributed by atoms with Crippen LogP contribution in [0.5, 0.6) is 0 Å². The van der Waals surface area contributed by atoms with E-state index in [4.69, 9.17) is 16.7 Å². The molecule has 0 aliphatic carbocycles. The van der Waals surface area contributed by atoms with Crippen LogP contribution in [0.1, 0.15) is 10.4 Å². The summed E-state index contributed by atoms with van der Waals surface area (Å²) in [6.07, 6.45) is 0. The van der Waals surface area contributed by atoms with Crippen molar-refractivity contribution in [2.45, 2.75) is 0 Å². The van der Waals surface area contributed by atoms with E-state index < -0.39 is 5.97 Å². The molecule has 0 saturated heterocycles. The van der Waals surface area contributed by atoms with Crippen molar-refractivity contribution < 1.29 is 9.90 Å². The third kappa shape index (κ3) is 2.08. The van der Waals surface area contributed by atoms with E-state index in [1.165, 1.54) is 0 Å². The maximum atomic E-state index is 10.9. The zero-order valence-corrected chi connectivity index (χ0v) is 10.4. The Balaban J connectivity index is 2.76. The van der Waals surface area contributed by atoms with E-state index in [1.54, 1.807) is 12.1 Å². The summed E-state index contributed by atoms with van der Waals surface area (Å²) < 4.78 is 0.717. The van der Waals surface area contributed by atoms with Crippen LogP contribution in [0.2, 0.25) is 5.02 Å². The number of rotatable bonds is 1. The molecule has 2 nitrogen and oxygen atoms in total. The highest BCUT2D eigenvalue weighted by molar-refractivity contribution is 14.1. The molecule has 1 N–H and O–H groups in total. The second-order valence-electron chi connectivity index (χ2n) is 3.13. The highest BCUT2D eigenvalue weighted by atomic mass is 127. The fourth-order valence-corrected chi connectivity index (χ4v) is 2.31. The van der Waals surface area contributed by atoms with Crippen LogP contribution in [0, 0.1) is 3.57 Å². The molecule has 0 atom stereocenters. The topological polar surface area (TPSA) is 37.3 Å². The Kier molecular flexibility index (Phi) is 2.84. The molecule has 0 heterocycles. The molecule has 2 aromatic carbocycles. The van der Waals surface area contributed by atoms with E-state index in [9.17, 15) is 4.79 Å². The summed E-state index contributed by atoms with van der Waals surface area (Å²) in [4.78, 5) is 10.9. The van der Waals surface area contributed by atoms with Crippen molar-refractivity contribution in [3.63, 3.8) is 0 Å². The number of aromatic carboxylic acids is 1. The third-order valence-corrected chi connectivity index (χ3v) is 3.25. The van der Waals surface area contributed by atoms with Crippen molar-refractivity contribution in [2.75, 3.05) is 0 Å². The SMILES string of the molecule is O=C(O)c1cc2ccc(Cl)cc2cc1I. The minimum atomic E-state index is -0.906. The second-order valence-corrected chi connectivity index (χ2v) is 4.73. The van der Waals surface area contributed by atoms with Gasteiger partial charge in [-0.1, -0.05) is 17.7 Å². The Labute approximate surface area is 105 Å². The molecule has 0 aliphatic rings. The zero-order chi connectivity index (χ0) is 11.0. The number of fused-ring (bicyclic) bond motifs is 1. The van der Waals surface area contributed by atoms with Crippen LogP contribution in [-0.4, -0.2) is 11.1 Å². The molecule has 4 heteroatoms. The summed E-state index contributed by atoms with van der Waals surface area (Å²) in [5.41, 5.74) is 0.324. The van der Waals surface area contributed by atoms with Crippen molar-refractivity contribution in [3.05, 3.63) is 44.5 Å². The van der Waals surface area contributed by atoms with Gasteiger partial charge in [0.05, 0.1) is 5.56 Å². The largest absolute Gasteiger partial charge is 0.478 e. The quantitative estimate of drug-likeness (QED) is 0.807. The van der Waals surface area contributed by atoms with Crippen LogP contribution >= 0.6 is 34.2 Å². The minimum absolute atomic E-state index is 0.324. The van der Waals surface area contributed by atoms with Gasteiger partial charge in [-0.05, 0) is 57.6 Å². The maximum Gasteiger partial charge on any atom is 0.336 e. The smallest absolute Gasteiger partial charge is 0.336 e. The summed E-state index contributed by atoms with van der Waals surface area (Å²) in [6.45, 7) is 0. The van der Waals surface area contributed by atoms with E-state index in [-0.39, 0.29) is 0 Å². The van der Waals surface area contributed by atoms with Gasteiger partial charge < -0.3 is 5.11 Å². The molecular formula is C11H6ClIO2. The lowest BCUT2D eigenvalue weighted by atomic mass is 10.1. The van der Waals surface area contributed by atoms with Gasteiger partial charge in [0, 0.05) is 8.59 Å². The summed E-state index contributed by atoms with van der Waals surface area (Å²) >= 11 is 7.87. The molecule has 0 aromatic heterocycles. The van der Waals surface area contributed by atoms with Crippen LogP contribution in [0.25, 0.3) is 10.8 Å². The van der Waals surface area contributed by atoms with Crippen LogP contribution < -0.4 is 0 Å². The van der Waals surface area contributed by atoms with Gasteiger partial charge in [-0.15, -0.1) is 0 Å².